The number of aliphatic hydroxyl groups excluding tert-OH is 3. The second-order valence-corrected chi connectivity index (χ2v) is 12.9. The van der Waals surface area contributed by atoms with E-state index in [1.807, 2.05) is 60.0 Å². The number of nitrogens with two attached hydrogens (primary N) is 1. The van der Waals surface area contributed by atoms with Crippen molar-refractivity contribution in [3.05, 3.63) is 100 Å². The zero-order valence-electron chi connectivity index (χ0n) is 24.8. The van der Waals surface area contributed by atoms with E-state index in [9.17, 15) is 39.9 Å². The van der Waals surface area contributed by atoms with Crippen LogP contribution in [0.2, 0.25) is 0 Å². The van der Waals surface area contributed by atoms with Crippen LogP contribution in [0.3, 0.4) is 0 Å². The van der Waals surface area contributed by atoms with Gasteiger partial charge in [0, 0.05) is 34.8 Å². The number of anilines is 2. The molecule has 5 unspecified atom stereocenters. The van der Waals surface area contributed by atoms with Crippen LogP contribution in [0.25, 0.3) is 28.1 Å². The molecule has 238 valence electrons. The number of aliphatic hydroxyl groups is 4. The Labute approximate surface area is 272 Å². The third-order valence-electron chi connectivity index (χ3n) is 9.53. The van der Waals surface area contributed by atoms with E-state index in [0.29, 0.717) is 16.4 Å². The van der Waals surface area contributed by atoms with Gasteiger partial charge >= 0.3 is 0 Å². The number of primary amides is 1. The molecule has 1 fully saturated rings. The number of nitrogens with one attached hydrogen (secondary N) is 1. The first kappa shape index (κ1) is 30.4. The number of hydrogen-bond acceptors (Lipinski definition) is 11. The largest absolute Gasteiger partial charge is 0.508 e. The Balaban J connectivity index is 1.23. The lowest BCUT2D eigenvalue weighted by Gasteiger charge is -2.50. The number of rotatable bonds is 5. The van der Waals surface area contributed by atoms with Crippen LogP contribution in [0.4, 0.5) is 10.8 Å². The van der Waals surface area contributed by atoms with Crippen LogP contribution in [-0.2, 0) is 14.4 Å². The number of phenolic OH excluding ortho intramolecular Hbond substituents is 1. The van der Waals surface area contributed by atoms with Gasteiger partial charge in [-0.3, -0.25) is 14.4 Å². The average Bonchev–Trinajstić information content (AvgIpc) is 3.53. The topological polar surface area (TPSA) is 203 Å². The monoisotopic (exact) mass is 651 g/mol. The number of hydrogen-bond donors (Lipinski definition) is 7. The Morgan fingerprint density at radius 1 is 0.979 bits per heavy atom. The summed E-state index contributed by atoms with van der Waals surface area (Å²) in [5.41, 5.74) is 5.21. The molecule has 0 spiro atoms. The van der Waals surface area contributed by atoms with E-state index >= 15 is 0 Å². The molecule has 1 saturated carbocycles. The highest BCUT2D eigenvalue weighted by Gasteiger charge is 2.64. The van der Waals surface area contributed by atoms with Gasteiger partial charge in [-0.25, -0.2) is 4.98 Å². The first-order chi connectivity index (χ1) is 22.4. The highest BCUT2D eigenvalue weighted by Crippen LogP contribution is 2.56. The molecule has 0 saturated heterocycles. The van der Waals surface area contributed by atoms with Crippen molar-refractivity contribution in [3.63, 3.8) is 0 Å². The molecule has 1 amide bonds. The van der Waals surface area contributed by atoms with Crippen molar-refractivity contribution in [2.45, 2.75) is 31.0 Å². The van der Waals surface area contributed by atoms with Crippen molar-refractivity contribution in [2.75, 3.05) is 5.32 Å². The zero-order chi connectivity index (χ0) is 33.4. The second-order valence-electron chi connectivity index (χ2n) is 12.0. The Kier molecular flexibility index (Phi) is 7.04. The van der Waals surface area contributed by atoms with Gasteiger partial charge in [0.2, 0.25) is 5.78 Å². The SMILES string of the molecule is CC1c2ccc(Nc3nc(-c4ccc(-c5ccccc5)cc4)cs3)c(O)c2C(O)=C2C(=O)C3(O)C(O)=C(C(N)=O)C(=O)CC3C(O)C21. The number of aromatic hydroxyl groups is 1. The fourth-order valence-corrected chi connectivity index (χ4v) is 7.87. The number of fused-ring (bicyclic) bond motifs is 3. The molecule has 12 heteroatoms. The Hall–Kier alpha value is -5.30. The Morgan fingerprint density at radius 2 is 1.64 bits per heavy atom. The molecule has 4 aromatic rings. The minimum Gasteiger partial charge on any atom is -0.508 e. The van der Waals surface area contributed by atoms with Crippen LogP contribution < -0.4 is 11.1 Å². The average molecular weight is 652 g/mol. The summed E-state index contributed by atoms with van der Waals surface area (Å²) in [5.74, 6) is -9.10. The van der Waals surface area contributed by atoms with Gasteiger partial charge in [-0.1, -0.05) is 67.6 Å². The predicted octanol–water partition coefficient (Wildman–Crippen LogP) is 4.49. The maximum atomic E-state index is 13.9. The van der Waals surface area contributed by atoms with Gasteiger partial charge in [0.25, 0.3) is 5.91 Å². The number of nitrogens with zero attached hydrogens (tertiary/aromatic N) is 1. The third kappa shape index (κ3) is 4.48. The van der Waals surface area contributed by atoms with Gasteiger partial charge in [-0.15, -0.1) is 11.3 Å². The van der Waals surface area contributed by atoms with Crippen LogP contribution in [-0.4, -0.2) is 59.7 Å². The van der Waals surface area contributed by atoms with Crippen LogP contribution in [0.15, 0.2) is 89.0 Å². The van der Waals surface area contributed by atoms with E-state index in [1.165, 1.54) is 11.3 Å². The molecule has 1 heterocycles. The van der Waals surface area contributed by atoms with Crippen molar-refractivity contribution in [3.8, 4) is 28.1 Å². The van der Waals surface area contributed by atoms with Gasteiger partial charge in [0.05, 0.1) is 23.0 Å². The third-order valence-corrected chi connectivity index (χ3v) is 10.3. The summed E-state index contributed by atoms with van der Waals surface area (Å²) >= 11 is 1.29. The predicted molar refractivity (Wildman–Crippen MR) is 174 cm³/mol. The van der Waals surface area contributed by atoms with E-state index in [2.05, 4.69) is 10.3 Å². The van der Waals surface area contributed by atoms with Crippen LogP contribution in [0, 0.1) is 11.8 Å². The molecule has 47 heavy (non-hydrogen) atoms. The highest BCUT2D eigenvalue weighted by molar-refractivity contribution is 7.14. The number of Topliss-reactive ketones (excluding diaryl/α,β-unsaturated/α-hetero) is 2. The summed E-state index contributed by atoms with van der Waals surface area (Å²) in [6.45, 7) is 1.68. The summed E-state index contributed by atoms with van der Waals surface area (Å²) in [7, 11) is 0. The normalized spacial score (nSPS) is 25.3. The number of benzene rings is 3. The lowest BCUT2D eigenvalue weighted by atomic mass is 9.55. The van der Waals surface area contributed by atoms with Crippen molar-refractivity contribution in [1.82, 2.24) is 4.98 Å². The van der Waals surface area contributed by atoms with Gasteiger partial charge in [-0.05, 0) is 28.7 Å². The minimum atomic E-state index is -2.89. The van der Waals surface area contributed by atoms with Crippen LogP contribution >= 0.6 is 11.3 Å². The molecule has 11 nitrogen and oxygen atoms in total. The molecular weight excluding hydrogens is 622 g/mol. The summed E-state index contributed by atoms with van der Waals surface area (Å²) in [4.78, 5) is 43.1. The lowest BCUT2D eigenvalue weighted by Crippen LogP contribution is -2.63. The van der Waals surface area contributed by atoms with E-state index in [4.69, 9.17) is 5.73 Å². The molecule has 3 aromatic carbocycles. The second kappa shape index (κ2) is 10.9. The van der Waals surface area contributed by atoms with Gasteiger partial charge in [0.1, 0.15) is 22.8 Å². The number of carbonyl (C=O) groups excluding carboxylic acids is 3. The summed E-state index contributed by atoms with van der Waals surface area (Å²) < 4.78 is 0. The minimum absolute atomic E-state index is 0.102. The molecule has 3 aliphatic carbocycles. The number of carbonyl (C=O) groups is 3. The van der Waals surface area contributed by atoms with Gasteiger partial charge in [0.15, 0.2) is 16.5 Å². The standard InChI is InChI=1S/C35H29N3O8S/c1-15-19-11-12-21(37-34-38-22(14-47-34)18-9-7-17(8-10-18)16-5-3-2-4-6-16)29(41)25(19)30(42)27-24(15)28(40)20-13-23(39)26(33(36)45)31(43)35(20,46)32(27)44/h2-12,14-15,20,24,28,40-43,46H,13H2,1H3,(H2,36,45)(H,37,38). The molecule has 8 N–H and O–H groups in total. The zero-order valence-corrected chi connectivity index (χ0v) is 25.7. The summed E-state index contributed by atoms with van der Waals surface area (Å²) in [6.07, 6.45) is -2.22. The molecule has 0 bridgehead atoms. The van der Waals surface area contributed by atoms with Gasteiger partial charge < -0.3 is 36.6 Å². The molecule has 3 aliphatic rings. The van der Waals surface area contributed by atoms with Crippen molar-refractivity contribution < 1.29 is 39.9 Å². The number of thiazole rings is 1. The number of amides is 1. The summed E-state index contributed by atoms with van der Waals surface area (Å²) in [6, 6.07) is 21.2. The quantitative estimate of drug-likeness (QED) is 0.119. The smallest absolute Gasteiger partial charge is 0.255 e. The van der Waals surface area contributed by atoms with E-state index in [1.54, 1.807) is 19.1 Å². The molecule has 0 aliphatic heterocycles. The van der Waals surface area contributed by atoms with Crippen LogP contribution in [0.1, 0.15) is 30.4 Å². The Bertz CT molecular complexity index is 2050. The van der Waals surface area contributed by atoms with E-state index < -0.39 is 81.8 Å². The maximum absolute atomic E-state index is 13.9. The number of aromatic nitrogens is 1. The first-order valence-electron chi connectivity index (χ1n) is 14.8. The van der Waals surface area contributed by atoms with Crippen molar-refractivity contribution >= 4 is 45.4 Å². The highest BCUT2D eigenvalue weighted by atomic mass is 32.1. The Morgan fingerprint density at radius 3 is 2.32 bits per heavy atom. The van der Waals surface area contributed by atoms with Crippen molar-refractivity contribution in [2.24, 2.45) is 17.6 Å². The number of phenols is 1. The molecule has 5 atom stereocenters. The van der Waals surface area contributed by atoms with Crippen LogP contribution in [0.5, 0.6) is 5.75 Å². The summed E-state index contributed by atoms with van der Waals surface area (Å²) in [5, 5.41) is 62.0. The van der Waals surface area contributed by atoms with E-state index in [-0.39, 0.29) is 11.3 Å². The lowest BCUT2D eigenvalue weighted by molar-refractivity contribution is -0.160. The van der Waals surface area contributed by atoms with Crippen molar-refractivity contribution in [1.29, 1.82) is 0 Å². The molecule has 7 rings (SSSR count). The van der Waals surface area contributed by atoms with E-state index in [0.717, 1.165) is 16.7 Å². The fraction of sp³-hybridized carbons (Fsp3) is 0.200. The molecule has 1 aromatic heterocycles. The maximum Gasteiger partial charge on any atom is 0.255 e. The fourth-order valence-electron chi connectivity index (χ4n) is 7.14. The molecular formula is C35H29N3O8S. The molecule has 0 radical (unpaired) electrons. The first-order valence-corrected chi connectivity index (χ1v) is 15.7. The van der Waals surface area contributed by atoms with Gasteiger partial charge in [-0.2, -0.15) is 0 Å². The number of ketones is 2.